The van der Waals surface area contributed by atoms with Crippen LogP contribution >= 0.6 is 23.8 Å². The number of thiocarbonyl (C=S) groups is 1. The van der Waals surface area contributed by atoms with Crippen LogP contribution < -0.4 is 10.6 Å². The van der Waals surface area contributed by atoms with Crippen molar-refractivity contribution in [1.82, 2.24) is 10.2 Å². The molecule has 0 saturated carbocycles. The summed E-state index contributed by atoms with van der Waals surface area (Å²) >= 11 is 11.2. The first-order valence-electron chi connectivity index (χ1n) is 8.38. The molecule has 0 spiro atoms. The van der Waals surface area contributed by atoms with Crippen molar-refractivity contribution in [1.29, 1.82) is 0 Å². The summed E-state index contributed by atoms with van der Waals surface area (Å²) in [7, 11) is 0. The van der Waals surface area contributed by atoms with Crippen LogP contribution in [0, 0.1) is 0 Å². The van der Waals surface area contributed by atoms with Gasteiger partial charge in [0.25, 0.3) is 5.91 Å². The van der Waals surface area contributed by atoms with Gasteiger partial charge in [0.15, 0.2) is 5.11 Å². The van der Waals surface area contributed by atoms with Crippen LogP contribution in [0.15, 0.2) is 48.5 Å². The third-order valence-electron chi connectivity index (χ3n) is 4.07. The lowest BCUT2D eigenvalue weighted by Gasteiger charge is -2.26. The summed E-state index contributed by atoms with van der Waals surface area (Å²) < 4.78 is 5.36. The molecule has 5 nitrogen and oxygen atoms in total. The van der Waals surface area contributed by atoms with Gasteiger partial charge in [-0.15, -0.1) is 0 Å². The fourth-order valence-electron chi connectivity index (χ4n) is 2.69. The molecule has 1 aliphatic heterocycles. The highest BCUT2D eigenvalue weighted by Crippen LogP contribution is 2.15. The van der Waals surface area contributed by atoms with E-state index < -0.39 is 0 Å². The van der Waals surface area contributed by atoms with Crippen LogP contribution in [-0.2, 0) is 11.3 Å². The van der Waals surface area contributed by atoms with Gasteiger partial charge in [-0.2, -0.15) is 0 Å². The van der Waals surface area contributed by atoms with Crippen molar-refractivity contribution >= 4 is 40.5 Å². The summed E-state index contributed by atoms with van der Waals surface area (Å²) in [5.74, 6) is -0.336. The van der Waals surface area contributed by atoms with Gasteiger partial charge >= 0.3 is 0 Å². The van der Waals surface area contributed by atoms with Crippen molar-refractivity contribution in [2.45, 2.75) is 6.54 Å². The van der Waals surface area contributed by atoms with Crippen LogP contribution in [0.1, 0.15) is 15.9 Å². The summed E-state index contributed by atoms with van der Waals surface area (Å²) in [6.07, 6.45) is 0. The molecule has 0 aromatic heterocycles. The minimum atomic E-state index is -0.336. The third kappa shape index (κ3) is 5.25. The summed E-state index contributed by atoms with van der Waals surface area (Å²) in [5.41, 5.74) is 2.43. The van der Waals surface area contributed by atoms with Crippen LogP contribution in [0.25, 0.3) is 0 Å². The second-order valence-corrected chi connectivity index (χ2v) is 6.79. The Labute approximate surface area is 163 Å². The number of hydrogen-bond donors (Lipinski definition) is 2. The van der Waals surface area contributed by atoms with Gasteiger partial charge in [0.1, 0.15) is 0 Å². The van der Waals surface area contributed by atoms with Crippen LogP contribution in [0.5, 0.6) is 0 Å². The lowest BCUT2D eigenvalue weighted by Crippen LogP contribution is -2.35. The number of nitrogens with zero attached hydrogens (tertiary/aromatic N) is 1. The Hall–Kier alpha value is -1.99. The highest BCUT2D eigenvalue weighted by Gasteiger charge is 2.12. The first-order chi connectivity index (χ1) is 12.6. The van der Waals surface area contributed by atoms with Gasteiger partial charge in [0.2, 0.25) is 0 Å². The van der Waals surface area contributed by atoms with Gasteiger partial charge in [-0.25, -0.2) is 0 Å². The Morgan fingerprint density at radius 3 is 2.50 bits per heavy atom. The number of anilines is 1. The van der Waals surface area contributed by atoms with Crippen molar-refractivity contribution in [3.63, 3.8) is 0 Å². The normalized spacial score (nSPS) is 14.7. The van der Waals surface area contributed by atoms with E-state index in [1.54, 1.807) is 24.3 Å². The number of morpholine rings is 1. The average Bonchev–Trinajstić information content (AvgIpc) is 2.64. The van der Waals surface area contributed by atoms with E-state index in [0.29, 0.717) is 10.6 Å². The minimum absolute atomic E-state index is 0.232. The van der Waals surface area contributed by atoms with Crippen LogP contribution in [0.4, 0.5) is 5.69 Å². The lowest BCUT2D eigenvalue weighted by atomic mass is 10.2. The SMILES string of the molecule is O=C(NC(=S)Nc1ccc(CN2CCOCC2)cc1)c1ccccc1Cl. The molecule has 136 valence electrons. The van der Waals surface area contributed by atoms with E-state index in [-0.39, 0.29) is 11.0 Å². The maximum atomic E-state index is 12.2. The highest BCUT2D eigenvalue weighted by atomic mass is 35.5. The molecule has 2 aromatic carbocycles. The number of rotatable bonds is 4. The number of carbonyl (C=O) groups is 1. The number of ether oxygens (including phenoxy) is 1. The second kappa shape index (κ2) is 9.09. The average molecular weight is 390 g/mol. The molecule has 0 radical (unpaired) electrons. The number of benzene rings is 2. The molecule has 0 unspecified atom stereocenters. The highest BCUT2D eigenvalue weighted by molar-refractivity contribution is 7.80. The van der Waals surface area contributed by atoms with E-state index >= 15 is 0 Å². The molecule has 2 N–H and O–H groups in total. The molecule has 0 aliphatic carbocycles. The maximum absolute atomic E-state index is 12.2. The Morgan fingerprint density at radius 2 is 1.81 bits per heavy atom. The Kier molecular flexibility index (Phi) is 6.57. The van der Waals surface area contributed by atoms with E-state index in [4.69, 9.17) is 28.6 Å². The molecule has 1 aliphatic rings. The number of amides is 1. The topological polar surface area (TPSA) is 53.6 Å². The van der Waals surface area contributed by atoms with Crippen LogP contribution in [0.3, 0.4) is 0 Å². The fraction of sp³-hybridized carbons (Fsp3) is 0.263. The van der Waals surface area contributed by atoms with Crippen LogP contribution in [-0.4, -0.2) is 42.2 Å². The van der Waals surface area contributed by atoms with Crippen molar-refractivity contribution in [2.24, 2.45) is 0 Å². The van der Waals surface area contributed by atoms with Gasteiger partial charge < -0.3 is 10.1 Å². The number of halogens is 1. The van der Waals surface area contributed by atoms with Gasteiger partial charge in [-0.3, -0.25) is 15.0 Å². The second-order valence-electron chi connectivity index (χ2n) is 5.97. The smallest absolute Gasteiger partial charge is 0.258 e. The van der Waals surface area contributed by atoms with Crippen molar-refractivity contribution < 1.29 is 9.53 Å². The summed E-state index contributed by atoms with van der Waals surface area (Å²) in [6, 6.07) is 14.8. The van der Waals surface area contributed by atoms with E-state index in [2.05, 4.69) is 27.7 Å². The molecular formula is C19H20ClN3O2S. The molecule has 1 amide bonds. The molecule has 0 atom stereocenters. The van der Waals surface area contributed by atoms with E-state index in [9.17, 15) is 4.79 Å². The van der Waals surface area contributed by atoms with Gasteiger partial charge in [-0.1, -0.05) is 35.9 Å². The maximum Gasteiger partial charge on any atom is 0.258 e. The number of hydrogen-bond acceptors (Lipinski definition) is 4. The van der Waals surface area contributed by atoms with Gasteiger partial charge in [0.05, 0.1) is 23.8 Å². The van der Waals surface area contributed by atoms with Crippen molar-refractivity contribution in [3.05, 3.63) is 64.7 Å². The van der Waals surface area contributed by atoms with Gasteiger partial charge in [0, 0.05) is 25.3 Å². The molecule has 1 heterocycles. The predicted octanol–water partition coefficient (Wildman–Crippen LogP) is 3.30. The summed E-state index contributed by atoms with van der Waals surface area (Å²) in [4.78, 5) is 14.6. The van der Waals surface area contributed by atoms with Crippen LogP contribution in [0.2, 0.25) is 5.02 Å². The molecule has 7 heteroatoms. The zero-order chi connectivity index (χ0) is 18.4. The zero-order valence-electron chi connectivity index (χ0n) is 14.2. The standard InChI is InChI=1S/C19H20ClN3O2S/c20-17-4-2-1-3-16(17)18(24)22-19(26)21-15-7-5-14(6-8-15)13-23-9-11-25-12-10-23/h1-8H,9-13H2,(H2,21,22,24,26). The lowest BCUT2D eigenvalue weighted by molar-refractivity contribution is 0.0342. The Bertz CT molecular complexity index is 777. The first kappa shape index (κ1) is 18.8. The van der Waals surface area contributed by atoms with Gasteiger partial charge in [-0.05, 0) is 42.0 Å². The first-order valence-corrected chi connectivity index (χ1v) is 9.16. The number of carbonyl (C=O) groups excluding carboxylic acids is 1. The summed E-state index contributed by atoms with van der Waals surface area (Å²) in [5, 5.41) is 6.28. The quantitative estimate of drug-likeness (QED) is 0.786. The Morgan fingerprint density at radius 1 is 1.12 bits per heavy atom. The molecule has 1 saturated heterocycles. The van der Waals surface area contributed by atoms with E-state index in [0.717, 1.165) is 38.5 Å². The predicted molar refractivity (Wildman–Crippen MR) is 108 cm³/mol. The Balaban J connectivity index is 1.52. The summed E-state index contributed by atoms with van der Waals surface area (Å²) in [6.45, 7) is 4.39. The zero-order valence-corrected chi connectivity index (χ0v) is 15.8. The minimum Gasteiger partial charge on any atom is -0.379 e. The molecule has 3 rings (SSSR count). The van der Waals surface area contributed by atoms with E-state index in [1.807, 2.05) is 12.1 Å². The third-order valence-corrected chi connectivity index (χ3v) is 4.60. The van der Waals surface area contributed by atoms with E-state index in [1.165, 1.54) is 5.56 Å². The largest absolute Gasteiger partial charge is 0.379 e. The monoisotopic (exact) mass is 389 g/mol. The number of nitrogens with one attached hydrogen (secondary N) is 2. The molecule has 2 aromatic rings. The molecule has 1 fully saturated rings. The fourth-order valence-corrected chi connectivity index (χ4v) is 3.12. The molecule has 26 heavy (non-hydrogen) atoms. The van der Waals surface area contributed by atoms with Crippen molar-refractivity contribution in [2.75, 3.05) is 31.6 Å². The molecular weight excluding hydrogens is 370 g/mol. The van der Waals surface area contributed by atoms with Crippen molar-refractivity contribution in [3.8, 4) is 0 Å². The molecule has 0 bridgehead atoms.